The second kappa shape index (κ2) is 6.03. The van der Waals surface area contributed by atoms with E-state index >= 15 is 0 Å². The fourth-order valence-corrected chi connectivity index (χ4v) is 3.24. The van der Waals surface area contributed by atoms with Gasteiger partial charge in [-0.05, 0) is 30.5 Å². The predicted molar refractivity (Wildman–Crippen MR) is 79.1 cm³/mol. The number of nitrogens with one attached hydrogen (secondary N) is 1. The number of hydrogen-bond donors (Lipinski definition) is 2. The maximum absolute atomic E-state index is 12.0. The monoisotopic (exact) mass is 290 g/mol. The smallest absolute Gasteiger partial charge is 0.220 e. The summed E-state index contributed by atoms with van der Waals surface area (Å²) in [6.45, 7) is 0.765. The van der Waals surface area contributed by atoms with Gasteiger partial charge in [-0.3, -0.25) is 4.79 Å². The van der Waals surface area contributed by atoms with Crippen molar-refractivity contribution in [1.82, 2.24) is 5.32 Å². The second-order valence-electron chi connectivity index (χ2n) is 5.81. The van der Waals surface area contributed by atoms with Crippen LogP contribution in [0.5, 0.6) is 5.75 Å². The summed E-state index contributed by atoms with van der Waals surface area (Å²) in [7, 11) is 1.64. The number of aryl methyl sites for hydroxylation is 1. The van der Waals surface area contributed by atoms with Gasteiger partial charge in [0, 0.05) is 25.0 Å². The average molecular weight is 290 g/mol. The largest absolute Gasteiger partial charge is 0.497 e. The van der Waals surface area contributed by atoms with Crippen molar-refractivity contribution in [1.29, 1.82) is 0 Å². The highest BCUT2D eigenvalue weighted by molar-refractivity contribution is 5.77. The third-order valence-corrected chi connectivity index (χ3v) is 4.57. The Labute approximate surface area is 124 Å². The van der Waals surface area contributed by atoms with Crippen LogP contribution in [-0.4, -0.2) is 37.8 Å². The van der Waals surface area contributed by atoms with Gasteiger partial charge in [0.15, 0.2) is 0 Å². The van der Waals surface area contributed by atoms with E-state index in [1.807, 2.05) is 24.3 Å². The quantitative estimate of drug-likeness (QED) is 0.843. The zero-order valence-electron chi connectivity index (χ0n) is 12.2. The first kappa shape index (κ1) is 14.4. The van der Waals surface area contributed by atoms with Crippen molar-refractivity contribution in [3.8, 4) is 5.75 Å². The average Bonchev–Trinajstić information content (AvgIpc) is 2.96. The Balaban J connectivity index is 1.46. The number of nitrogens with two attached hydrogens (primary N) is 1. The molecule has 1 aliphatic carbocycles. The second-order valence-corrected chi connectivity index (χ2v) is 5.81. The van der Waals surface area contributed by atoms with Crippen LogP contribution in [0.2, 0.25) is 0 Å². The summed E-state index contributed by atoms with van der Waals surface area (Å²) in [5.41, 5.74) is 7.21. The number of carbonyl (C=O) groups is 1. The fraction of sp³-hybridized carbons (Fsp3) is 0.562. The van der Waals surface area contributed by atoms with Gasteiger partial charge in [-0.25, -0.2) is 0 Å². The lowest BCUT2D eigenvalue weighted by atomic mass is 9.72. The molecule has 1 heterocycles. The molecule has 4 unspecified atom stereocenters. The Bertz CT molecular complexity index is 503. The molecule has 0 bridgehead atoms. The molecule has 1 aliphatic heterocycles. The van der Waals surface area contributed by atoms with E-state index in [1.54, 1.807) is 7.11 Å². The van der Waals surface area contributed by atoms with E-state index in [0.29, 0.717) is 18.8 Å². The van der Waals surface area contributed by atoms with Crippen LogP contribution in [0.3, 0.4) is 0 Å². The first-order valence-corrected chi connectivity index (χ1v) is 7.48. The molecule has 114 valence electrons. The highest BCUT2D eigenvalue weighted by Gasteiger charge is 2.52. The van der Waals surface area contributed by atoms with Gasteiger partial charge in [-0.2, -0.15) is 0 Å². The van der Waals surface area contributed by atoms with E-state index < -0.39 is 0 Å². The normalized spacial score (nSPS) is 30.4. The molecule has 21 heavy (non-hydrogen) atoms. The third-order valence-electron chi connectivity index (χ3n) is 4.57. The van der Waals surface area contributed by atoms with Crippen LogP contribution in [0.4, 0.5) is 0 Å². The van der Waals surface area contributed by atoms with Gasteiger partial charge >= 0.3 is 0 Å². The van der Waals surface area contributed by atoms with Gasteiger partial charge in [0.05, 0.1) is 19.3 Å². The van der Waals surface area contributed by atoms with Crippen LogP contribution in [0, 0.1) is 5.92 Å². The van der Waals surface area contributed by atoms with Gasteiger partial charge in [-0.1, -0.05) is 12.1 Å². The Morgan fingerprint density at radius 2 is 2.19 bits per heavy atom. The van der Waals surface area contributed by atoms with Crippen molar-refractivity contribution in [2.24, 2.45) is 11.7 Å². The number of rotatable bonds is 5. The summed E-state index contributed by atoms with van der Waals surface area (Å²) in [5.74, 6) is 1.30. The Hall–Kier alpha value is -1.59. The van der Waals surface area contributed by atoms with Crippen LogP contribution < -0.4 is 15.8 Å². The predicted octanol–water partition coefficient (Wildman–Crippen LogP) is 0.859. The molecule has 1 saturated carbocycles. The van der Waals surface area contributed by atoms with Crippen LogP contribution in [0.15, 0.2) is 24.3 Å². The van der Waals surface area contributed by atoms with Crippen LogP contribution in [0.25, 0.3) is 0 Å². The highest BCUT2D eigenvalue weighted by Crippen LogP contribution is 2.37. The molecule has 0 aromatic heterocycles. The number of carbonyl (C=O) groups excluding carboxylic acids is 1. The highest BCUT2D eigenvalue weighted by atomic mass is 16.5. The molecule has 0 radical (unpaired) electrons. The minimum Gasteiger partial charge on any atom is -0.497 e. The Morgan fingerprint density at radius 3 is 2.90 bits per heavy atom. The van der Waals surface area contributed by atoms with Gasteiger partial charge in [-0.15, -0.1) is 0 Å². The van der Waals surface area contributed by atoms with Crippen molar-refractivity contribution in [2.75, 3.05) is 13.7 Å². The molecule has 1 saturated heterocycles. The molecule has 2 aliphatic rings. The van der Waals surface area contributed by atoms with E-state index in [-0.39, 0.29) is 24.1 Å². The lowest BCUT2D eigenvalue weighted by molar-refractivity contribution is -0.125. The standard InChI is InChI=1S/C16H22N2O3/c1-20-11-5-2-10(3-6-11)4-7-13(19)18-15-14(17)12-8-9-21-16(12)15/h2-3,5-6,12,14-16H,4,7-9,17H2,1H3,(H,18,19). The molecule has 5 nitrogen and oxygen atoms in total. The summed E-state index contributed by atoms with van der Waals surface area (Å²) in [4.78, 5) is 12.0. The molecule has 1 amide bonds. The van der Waals surface area contributed by atoms with E-state index in [9.17, 15) is 4.79 Å². The first-order valence-electron chi connectivity index (χ1n) is 7.48. The zero-order valence-corrected chi connectivity index (χ0v) is 12.2. The van der Waals surface area contributed by atoms with Gasteiger partial charge in [0.25, 0.3) is 0 Å². The minimum absolute atomic E-state index is 0.0131. The summed E-state index contributed by atoms with van der Waals surface area (Å²) < 4.78 is 10.7. The molecule has 3 rings (SSSR count). The topological polar surface area (TPSA) is 73.6 Å². The molecular formula is C16H22N2O3. The summed E-state index contributed by atoms with van der Waals surface area (Å²) >= 11 is 0. The maximum Gasteiger partial charge on any atom is 0.220 e. The number of benzene rings is 1. The van der Waals surface area contributed by atoms with E-state index in [2.05, 4.69) is 5.32 Å². The number of ether oxygens (including phenoxy) is 2. The van der Waals surface area contributed by atoms with Gasteiger partial charge in [0.2, 0.25) is 5.91 Å². The Kier molecular flexibility index (Phi) is 4.12. The van der Waals surface area contributed by atoms with Crippen LogP contribution in [0.1, 0.15) is 18.4 Å². The van der Waals surface area contributed by atoms with E-state index in [1.165, 1.54) is 0 Å². The molecule has 3 N–H and O–H groups in total. The number of methoxy groups -OCH3 is 1. The number of fused-ring (bicyclic) bond motifs is 1. The first-order chi connectivity index (χ1) is 10.2. The molecular weight excluding hydrogens is 268 g/mol. The number of amides is 1. The summed E-state index contributed by atoms with van der Waals surface area (Å²) in [6.07, 6.45) is 2.33. The van der Waals surface area contributed by atoms with Crippen LogP contribution >= 0.6 is 0 Å². The van der Waals surface area contributed by atoms with Crippen molar-refractivity contribution >= 4 is 5.91 Å². The summed E-state index contributed by atoms with van der Waals surface area (Å²) in [5, 5.41) is 3.02. The molecule has 1 aromatic carbocycles. The van der Waals surface area contributed by atoms with Crippen molar-refractivity contribution in [3.05, 3.63) is 29.8 Å². The lowest BCUT2D eigenvalue weighted by Gasteiger charge is -2.45. The van der Waals surface area contributed by atoms with Gasteiger partial charge < -0.3 is 20.5 Å². The van der Waals surface area contributed by atoms with Gasteiger partial charge in [0.1, 0.15) is 5.75 Å². The molecule has 4 atom stereocenters. The van der Waals surface area contributed by atoms with E-state index in [0.717, 1.165) is 24.3 Å². The molecule has 0 spiro atoms. The van der Waals surface area contributed by atoms with Crippen molar-refractivity contribution < 1.29 is 14.3 Å². The molecule has 5 heteroatoms. The SMILES string of the molecule is COc1ccc(CCC(=O)NC2C(N)C3CCOC32)cc1. The minimum atomic E-state index is -0.0131. The van der Waals surface area contributed by atoms with E-state index in [4.69, 9.17) is 15.2 Å². The molecule has 2 fully saturated rings. The molecule has 1 aromatic rings. The van der Waals surface area contributed by atoms with Crippen molar-refractivity contribution in [3.63, 3.8) is 0 Å². The number of hydrogen-bond acceptors (Lipinski definition) is 4. The fourth-order valence-electron chi connectivity index (χ4n) is 3.24. The zero-order chi connectivity index (χ0) is 14.8. The Morgan fingerprint density at radius 1 is 1.43 bits per heavy atom. The van der Waals surface area contributed by atoms with Crippen molar-refractivity contribution in [2.45, 2.75) is 37.5 Å². The third kappa shape index (κ3) is 2.89. The summed E-state index contributed by atoms with van der Waals surface area (Å²) in [6, 6.07) is 7.82. The van der Waals surface area contributed by atoms with Crippen LogP contribution in [-0.2, 0) is 16.0 Å². The maximum atomic E-state index is 12.0. The lowest BCUT2D eigenvalue weighted by Crippen LogP contribution is -2.68.